The third-order valence-corrected chi connectivity index (χ3v) is 8.23. The summed E-state index contributed by atoms with van der Waals surface area (Å²) in [6, 6.07) is 12.0. The number of nitrogens with zero attached hydrogens (tertiary/aromatic N) is 5. The van der Waals surface area contributed by atoms with Gasteiger partial charge in [-0.1, -0.05) is 6.58 Å². The Morgan fingerprint density at radius 2 is 1.78 bits per heavy atom. The van der Waals surface area contributed by atoms with E-state index in [1.807, 2.05) is 18.2 Å². The number of halogens is 1. The number of hydrogen-bond donors (Lipinski definition) is 3. The van der Waals surface area contributed by atoms with Crippen LogP contribution in [0.2, 0.25) is 0 Å². The van der Waals surface area contributed by atoms with Crippen molar-refractivity contribution in [2.24, 2.45) is 0 Å². The van der Waals surface area contributed by atoms with Gasteiger partial charge in [0.1, 0.15) is 41.0 Å². The number of aromatic nitrogens is 3. The first kappa shape index (κ1) is 30.1. The van der Waals surface area contributed by atoms with Gasteiger partial charge in [-0.15, -0.1) is 0 Å². The van der Waals surface area contributed by atoms with Gasteiger partial charge >= 0.3 is 0 Å². The lowest BCUT2D eigenvalue weighted by atomic mass is 10.0. The molecule has 2 aliphatic rings. The van der Waals surface area contributed by atoms with E-state index >= 15 is 4.39 Å². The Balaban J connectivity index is 1.17. The molecule has 45 heavy (non-hydrogen) atoms. The third-order valence-electron chi connectivity index (χ3n) is 8.23. The topological polar surface area (TPSA) is 125 Å². The molecule has 2 saturated heterocycles. The van der Waals surface area contributed by atoms with Crippen LogP contribution < -0.4 is 25.0 Å². The molecule has 0 aliphatic carbocycles. The number of likely N-dealkylation sites (tertiary alicyclic amines) is 1. The average molecular weight is 614 g/mol. The first-order chi connectivity index (χ1) is 21.9. The molecule has 2 aliphatic heterocycles. The number of fused-ring (bicyclic) bond motifs is 1. The SMILES string of the molecule is C=CC(=O)N1CCC(Nc2cc3c(Nc4ccc(Oc5ccnc(N6CCC(O)CC6)c5)cc4F)ncnc3cc2OC)CC1. The molecule has 2 fully saturated rings. The summed E-state index contributed by atoms with van der Waals surface area (Å²) in [7, 11) is 1.60. The van der Waals surface area contributed by atoms with Crippen LogP contribution in [0, 0.1) is 5.82 Å². The van der Waals surface area contributed by atoms with Crippen LogP contribution >= 0.6 is 0 Å². The molecule has 2 aromatic carbocycles. The van der Waals surface area contributed by atoms with Gasteiger partial charge in [0, 0.05) is 62.0 Å². The molecule has 2 aromatic heterocycles. The van der Waals surface area contributed by atoms with E-state index in [4.69, 9.17) is 9.47 Å². The maximum Gasteiger partial charge on any atom is 0.245 e. The number of pyridine rings is 1. The summed E-state index contributed by atoms with van der Waals surface area (Å²) in [4.78, 5) is 29.1. The molecule has 0 saturated carbocycles. The molecule has 12 heteroatoms. The lowest BCUT2D eigenvalue weighted by Gasteiger charge is -2.32. The van der Waals surface area contributed by atoms with E-state index in [9.17, 15) is 9.90 Å². The van der Waals surface area contributed by atoms with Crippen LogP contribution in [-0.2, 0) is 4.79 Å². The van der Waals surface area contributed by atoms with Crippen molar-refractivity contribution in [3.05, 3.63) is 73.5 Å². The lowest BCUT2D eigenvalue weighted by molar-refractivity contribution is -0.126. The molecule has 1 amide bonds. The van der Waals surface area contributed by atoms with Gasteiger partial charge in [0.25, 0.3) is 0 Å². The number of benzene rings is 2. The zero-order valence-corrected chi connectivity index (χ0v) is 25.1. The minimum atomic E-state index is -0.508. The number of aliphatic hydroxyl groups is 1. The summed E-state index contributed by atoms with van der Waals surface area (Å²) in [6.07, 6.45) is 7.09. The molecule has 4 aromatic rings. The van der Waals surface area contributed by atoms with Crippen molar-refractivity contribution in [1.82, 2.24) is 19.9 Å². The van der Waals surface area contributed by atoms with Crippen LogP contribution in [0.4, 0.5) is 27.4 Å². The van der Waals surface area contributed by atoms with E-state index in [0.29, 0.717) is 73.0 Å². The minimum Gasteiger partial charge on any atom is -0.495 e. The summed E-state index contributed by atoms with van der Waals surface area (Å²) in [5.41, 5.74) is 1.63. The van der Waals surface area contributed by atoms with Gasteiger partial charge in [0.05, 0.1) is 30.1 Å². The van der Waals surface area contributed by atoms with Crippen molar-refractivity contribution in [3.63, 3.8) is 0 Å². The van der Waals surface area contributed by atoms with Crippen LogP contribution in [0.15, 0.2) is 67.6 Å². The zero-order chi connectivity index (χ0) is 31.3. The summed E-state index contributed by atoms with van der Waals surface area (Å²) >= 11 is 0. The number of carbonyl (C=O) groups is 1. The Morgan fingerprint density at radius 3 is 2.51 bits per heavy atom. The minimum absolute atomic E-state index is 0.0574. The third kappa shape index (κ3) is 6.91. The van der Waals surface area contributed by atoms with E-state index in [0.717, 1.165) is 24.3 Å². The molecule has 0 unspecified atom stereocenters. The number of amides is 1. The highest BCUT2D eigenvalue weighted by atomic mass is 19.1. The molecule has 0 spiro atoms. The van der Waals surface area contributed by atoms with E-state index in [2.05, 4.69) is 37.1 Å². The molecular formula is C33H36FN7O4. The molecule has 6 rings (SSSR count). The molecule has 0 atom stereocenters. The van der Waals surface area contributed by atoms with Crippen molar-refractivity contribution >= 4 is 39.8 Å². The van der Waals surface area contributed by atoms with Crippen molar-refractivity contribution in [3.8, 4) is 17.2 Å². The fourth-order valence-corrected chi connectivity index (χ4v) is 5.71. The lowest BCUT2D eigenvalue weighted by Crippen LogP contribution is -2.41. The zero-order valence-electron chi connectivity index (χ0n) is 25.1. The van der Waals surface area contributed by atoms with E-state index in [-0.39, 0.29) is 23.7 Å². The highest BCUT2D eigenvalue weighted by Gasteiger charge is 2.23. The monoisotopic (exact) mass is 613 g/mol. The maximum atomic E-state index is 15.4. The Bertz CT molecular complexity index is 1690. The van der Waals surface area contributed by atoms with Crippen molar-refractivity contribution in [1.29, 1.82) is 0 Å². The molecule has 0 radical (unpaired) electrons. The predicted molar refractivity (Wildman–Crippen MR) is 171 cm³/mol. The highest BCUT2D eigenvalue weighted by Crippen LogP contribution is 2.35. The van der Waals surface area contributed by atoms with Crippen LogP contribution in [0.1, 0.15) is 25.7 Å². The van der Waals surface area contributed by atoms with Crippen LogP contribution in [0.3, 0.4) is 0 Å². The number of piperidine rings is 2. The van der Waals surface area contributed by atoms with Crippen LogP contribution in [0.25, 0.3) is 10.9 Å². The average Bonchev–Trinajstić information content (AvgIpc) is 3.06. The first-order valence-corrected chi connectivity index (χ1v) is 15.0. The predicted octanol–water partition coefficient (Wildman–Crippen LogP) is 5.26. The number of nitrogens with one attached hydrogen (secondary N) is 2. The molecular weight excluding hydrogens is 577 g/mol. The van der Waals surface area contributed by atoms with Crippen molar-refractivity contribution in [2.75, 3.05) is 48.8 Å². The van der Waals surface area contributed by atoms with E-state index < -0.39 is 5.82 Å². The summed E-state index contributed by atoms with van der Waals surface area (Å²) in [5, 5.41) is 17.2. The van der Waals surface area contributed by atoms with E-state index in [1.165, 1.54) is 18.5 Å². The van der Waals surface area contributed by atoms with Gasteiger partial charge in [-0.2, -0.15) is 0 Å². The maximum absolute atomic E-state index is 15.4. The Kier molecular flexibility index (Phi) is 8.92. The molecule has 0 bridgehead atoms. The standard InChI is InChI=1S/C33H36FN7O4/c1-3-32(43)41-12-7-21(8-13-41)38-29-18-25-28(19-30(29)44-2)36-20-37-33(25)39-27-5-4-23(16-26(27)34)45-24-6-11-35-31(17-24)40-14-9-22(42)10-15-40/h3-6,11,16-22,38,42H,1,7-10,12-15H2,2H3,(H,36,37,39). The normalized spacial score (nSPS) is 16.0. The van der Waals surface area contributed by atoms with Gasteiger partial charge in [0.15, 0.2) is 0 Å². The molecule has 3 N–H and O–H groups in total. The number of ether oxygens (including phenoxy) is 2. The fraction of sp³-hybridized carbons (Fsp3) is 0.333. The van der Waals surface area contributed by atoms with Gasteiger partial charge in [-0.3, -0.25) is 4.79 Å². The van der Waals surface area contributed by atoms with Crippen molar-refractivity contribution in [2.45, 2.75) is 37.8 Å². The Morgan fingerprint density at radius 1 is 1.00 bits per heavy atom. The molecule has 4 heterocycles. The second kappa shape index (κ2) is 13.3. The van der Waals surface area contributed by atoms with Crippen LogP contribution in [0.5, 0.6) is 17.2 Å². The fourth-order valence-electron chi connectivity index (χ4n) is 5.71. The van der Waals surface area contributed by atoms with E-state index in [1.54, 1.807) is 36.4 Å². The second-order valence-corrected chi connectivity index (χ2v) is 11.2. The first-order valence-electron chi connectivity index (χ1n) is 15.0. The molecule has 11 nitrogen and oxygen atoms in total. The quantitative estimate of drug-likeness (QED) is 0.215. The highest BCUT2D eigenvalue weighted by molar-refractivity contribution is 5.95. The van der Waals surface area contributed by atoms with Crippen LogP contribution in [-0.4, -0.2) is 76.3 Å². The number of methoxy groups -OCH3 is 1. The van der Waals surface area contributed by atoms with Gasteiger partial charge in [0.2, 0.25) is 5.91 Å². The number of rotatable bonds is 9. The summed E-state index contributed by atoms with van der Waals surface area (Å²) in [6.45, 7) is 6.28. The number of aliphatic hydroxyl groups excluding tert-OH is 1. The Hall–Kier alpha value is -4.97. The second-order valence-electron chi connectivity index (χ2n) is 11.2. The van der Waals surface area contributed by atoms with Gasteiger partial charge in [-0.05, 0) is 56.0 Å². The smallest absolute Gasteiger partial charge is 0.245 e. The molecule has 234 valence electrons. The number of anilines is 4. The Labute approximate surface area is 260 Å². The largest absolute Gasteiger partial charge is 0.495 e. The summed E-state index contributed by atoms with van der Waals surface area (Å²) < 4.78 is 27.0. The number of carbonyl (C=O) groups excluding carboxylic acids is 1. The van der Waals surface area contributed by atoms with Crippen molar-refractivity contribution < 1.29 is 23.8 Å². The number of hydrogen-bond acceptors (Lipinski definition) is 10. The van der Waals surface area contributed by atoms with Gasteiger partial charge < -0.3 is 35.0 Å². The van der Waals surface area contributed by atoms with Gasteiger partial charge in [-0.25, -0.2) is 19.3 Å². The summed E-state index contributed by atoms with van der Waals surface area (Å²) in [5.74, 6) is 2.14.